The summed E-state index contributed by atoms with van der Waals surface area (Å²) in [5, 5.41) is 4.27. The first-order valence-corrected chi connectivity index (χ1v) is 9.29. The number of H-pyrrole nitrogens is 1. The van der Waals surface area contributed by atoms with Crippen molar-refractivity contribution in [1.29, 1.82) is 0 Å². The van der Waals surface area contributed by atoms with Gasteiger partial charge in [0.1, 0.15) is 5.75 Å². The van der Waals surface area contributed by atoms with Crippen molar-refractivity contribution in [3.8, 4) is 5.75 Å². The van der Waals surface area contributed by atoms with Crippen LogP contribution < -0.4 is 10.1 Å². The number of ether oxygens (including phenoxy) is 1. The lowest BCUT2D eigenvalue weighted by molar-refractivity contribution is 0.0952. The largest absolute Gasteiger partial charge is 0.497 e. The van der Waals surface area contributed by atoms with Crippen molar-refractivity contribution in [3.63, 3.8) is 0 Å². The van der Waals surface area contributed by atoms with Gasteiger partial charge in [0.05, 0.1) is 7.11 Å². The maximum absolute atomic E-state index is 12.7. The van der Waals surface area contributed by atoms with Gasteiger partial charge in [-0.15, -0.1) is 0 Å². The second-order valence-corrected chi connectivity index (χ2v) is 6.69. The lowest BCUT2D eigenvalue weighted by Gasteiger charge is -2.18. The molecule has 0 aliphatic heterocycles. The summed E-state index contributed by atoms with van der Waals surface area (Å²) in [6.45, 7) is 0.502. The van der Waals surface area contributed by atoms with E-state index in [1.54, 1.807) is 19.2 Å². The van der Waals surface area contributed by atoms with Crippen LogP contribution in [-0.4, -0.2) is 24.5 Å². The number of fused-ring (bicyclic) bond motifs is 1. The normalized spacial score (nSPS) is 11.9. The molecule has 0 fully saturated rings. The van der Waals surface area contributed by atoms with Gasteiger partial charge >= 0.3 is 0 Å². The summed E-state index contributed by atoms with van der Waals surface area (Å²) in [6.07, 6.45) is 2.04. The molecule has 28 heavy (non-hydrogen) atoms. The standard InChI is InChI=1S/C24H22N2O2/c1-28-19-11-7-10-18(14-19)24(27)26-15-21(17-8-3-2-4-9-17)22-16-25-23-13-6-5-12-20(22)23/h2-14,16,21,25H,15H2,1H3,(H,26,27)/t21-/m0/s1. The summed E-state index contributed by atoms with van der Waals surface area (Å²) < 4.78 is 5.22. The third kappa shape index (κ3) is 3.62. The monoisotopic (exact) mass is 370 g/mol. The van der Waals surface area contributed by atoms with Gasteiger partial charge < -0.3 is 15.0 Å². The maximum Gasteiger partial charge on any atom is 0.251 e. The summed E-state index contributed by atoms with van der Waals surface area (Å²) in [7, 11) is 1.60. The molecule has 3 aromatic carbocycles. The average molecular weight is 370 g/mol. The van der Waals surface area contributed by atoms with E-state index < -0.39 is 0 Å². The Kier molecular flexibility index (Phi) is 5.11. The lowest BCUT2D eigenvalue weighted by Crippen LogP contribution is -2.28. The summed E-state index contributed by atoms with van der Waals surface area (Å²) in [5.41, 5.74) is 4.02. The summed E-state index contributed by atoms with van der Waals surface area (Å²) in [5.74, 6) is 0.607. The average Bonchev–Trinajstić information content (AvgIpc) is 3.18. The molecule has 140 valence electrons. The molecule has 1 aromatic heterocycles. The van der Waals surface area contributed by atoms with Crippen molar-refractivity contribution < 1.29 is 9.53 Å². The van der Waals surface area contributed by atoms with E-state index in [1.807, 2.05) is 48.7 Å². The zero-order valence-electron chi connectivity index (χ0n) is 15.7. The minimum absolute atomic E-state index is 0.0481. The molecule has 0 saturated heterocycles. The molecule has 4 heteroatoms. The predicted molar refractivity (Wildman–Crippen MR) is 112 cm³/mol. The number of benzene rings is 3. The number of carbonyl (C=O) groups is 1. The number of rotatable bonds is 6. The highest BCUT2D eigenvalue weighted by atomic mass is 16.5. The van der Waals surface area contributed by atoms with E-state index in [4.69, 9.17) is 4.74 Å². The minimum Gasteiger partial charge on any atom is -0.497 e. The second kappa shape index (κ2) is 8.01. The maximum atomic E-state index is 12.7. The molecular weight excluding hydrogens is 348 g/mol. The van der Waals surface area contributed by atoms with Crippen LogP contribution in [0.3, 0.4) is 0 Å². The molecule has 0 saturated carbocycles. The van der Waals surface area contributed by atoms with Crippen molar-refractivity contribution in [2.24, 2.45) is 0 Å². The molecule has 0 bridgehead atoms. The van der Waals surface area contributed by atoms with Crippen LogP contribution in [0.2, 0.25) is 0 Å². The Morgan fingerprint density at radius 1 is 1.00 bits per heavy atom. The Hall–Kier alpha value is -3.53. The molecule has 0 aliphatic carbocycles. The highest BCUT2D eigenvalue weighted by molar-refractivity contribution is 5.94. The van der Waals surface area contributed by atoms with Crippen molar-refractivity contribution in [2.45, 2.75) is 5.92 Å². The third-order valence-electron chi connectivity index (χ3n) is 5.00. The van der Waals surface area contributed by atoms with E-state index in [2.05, 4.69) is 34.6 Å². The van der Waals surface area contributed by atoms with Crippen molar-refractivity contribution in [1.82, 2.24) is 10.3 Å². The van der Waals surface area contributed by atoms with Crippen LogP contribution in [0.15, 0.2) is 85.1 Å². The molecule has 0 unspecified atom stereocenters. The number of carbonyl (C=O) groups excluding carboxylic acids is 1. The molecule has 4 rings (SSSR count). The number of amides is 1. The van der Waals surface area contributed by atoms with Gasteiger partial charge in [0, 0.05) is 35.1 Å². The lowest BCUT2D eigenvalue weighted by atomic mass is 9.91. The smallest absolute Gasteiger partial charge is 0.251 e. The summed E-state index contributed by atoms with van der Waals surface area (Å²) in [6, 6.07) is 25.7. The fourth-order valence-electron chi connectivity index (χ4n) is 3.54. The van der Waals surface area contributed by atoms with Crippen LogP contribution in [0.5, 0.6) is 5.75 Å². The minimum atomic E-state index is -0.111. The number of nitrogens with one attached hydrogen (secondary N) is 2. The highest BCUT2D eigenvalue weighted by Crippen LogP contribution is 2.30. The zero-order chi connectivity index (χ0) is 19.3. The van der Waals surface area contributed by atoms with Gasteiger partial charge in [0.25, 0.3) is 5.91 Å². The molecule has 0 radical (unpaired) electrons. The molecular formula is C24H22N2O2. The van der Waals surface area contributed by atoms with Gasteiger partial charge in [-0.3, -0.25) is 4.79 Å². The number of hydrogen-bond acceptors (Lipinski definition) is 2. The Bertz CT molecular complexity index is 1090. The molecule has 0 aliphatic rings. The Morgan fingerprint density at radius 2 is 1.79 bits per heavy atom. The van der Waals surface area contributed by atoms with Gasteiger partial charge in [0.15, 0.2) is 0 Å². The van der Waals surface area contributed by atoms with Crippen LogP contribution in [0.1, 0.15) is 27.4 Å². The first-order valence-electron chi connectivity index (χ1n) is 9.29. The van der Waals surface area contributed by atoms with Gasteiger partial charge in [0.2, 0.25) is 0 Å². The van der Waals surface area contributed by atoms with Crippen LogP contribution in [-0.2, 0) is 0 Å². The molecule has 1 atom stereocenters. The van der Waals surface area contributed by atoms with Crippen LogP contribution in [0.4, 0.5) is 0 Å². The number of para-hydroxylation sites is 1. The number of aromatic nitrogens is 1. The second-order valence-electron chi connectivity index (χ2n) is 6.69. The zero-order valence-corrected chi connectivity index (χ0v) is 15.7. The van der Waals surface area contributed by atoms with E-state index in [9.17, 15) is 4.79 Å². The summed E-state index contributed by atoms with van der Waals surface area (Å²) in [4.78, 5) is 16.1. The Balaban J connectivity index is 1.62. The van der Waals surface area contributed by atoms with Crippen molar-refractivity contribution in [2.75, 3.05) is 13.7 Å². The molecule has 4 aromatic rings. The molecule has 1 heterocycles. The summed E-state index contributed by atoms with van der Waals surface area (Å²) >= 11 is 0. The van der Waals surface area contributed by atoms with E-state index in [-0.39, 0.29) is 11.8 Å². The molecule has 4 nitrogen and oxygen atoms in total. The Labute approximate surface area is 164 Å². The van der Waals surface area contributed by atoms with Gasteiger partial charge in [-0.1, -0.05) is 54.6 Å². The molecule has 0 spiro atoms. The van der Waals surface area contributed by atoms with Crippen LogP contribution in [0, 0.1) is 0 Å². The first kappa shape index (κ1) is 17.9. The SMILES string of the molecule is COc1cccc(C(=O)NC[C@@H](c2ccccc2)c2c[nH]c3ccccc23)c1. The van der Waals surface area contributed by atoms with Gasteiger partial charge in [-0.05, 0) is 35.4 Å². The number of aromatic amines is 1. The predicted octanol–water partition coefficient (Wildman–Crippen LogP) is 4.74. The quantitative estimate of drug-likeness (QED) is 0.515. The molecule has 1 amide bonds. The van der Waals surface area contributed by atoms with E-state index in [0.29, 0.717) is 17.9 Å². The number of methoxy groups -OCH3 is 1. The highest BCUT2D eigenvalue weighted by Gasteiger charge is 2.19. The topological polar surface area (TPSA) is 54.1 Å². The Morgan fingerprint density at radius 3 is 2.61 bits per heavy atom. The fraction of sp³-hybridized carbons (Fsp3) is 0.125. The number of hydrogen-bond donors (Lipinski definition) is 2. The van der Waals surface area contributed by atoms with E-state index in [1.165, 1.54) is 10.9 Å². The van der Waals surface area contributed by atoms with Crippen molar-refractivity contribution >= 4 is 16.8 Å². The van der Waals surface area contributed by atoms with Crippen LogP contribution >= 0.6 is 0 Å². The van der Waals surface area contributed by atoms with Crippen molar-refractivity contribution in [3.05, 3.63) is 102 Å². The van der Waals surface area contributed by atoms with Gasteiger partial charge in [-0.2, -0.15) is 0 Å². The third-order valence-corrected chi connectivity index (χ3v) is 5.00. The first-order chi connectivity index (χ1) is 13.8. The van der Waals surface area contributed by atoms with E-state index in [0.717, 1.165) is 11.1 Å². The molecule has 2 N–H and O–H groups in total. The van der Waals surface area contributed by atoms with Crippen LogP contribution in [0.25, 0.3) is 10.9 Å². The van der Waals surface area contributed by atoms with E-state index >= 15 is 0 Å². The fourth-order valence-corrected chi connectivity index (χ4v) is 3.54. The van der Waals surface area contributed by atoms with Gasteiger partial charge in [-0.25, -0.2) is 0 Å².